The van der Waals surface area contributed by atoms with E-state index < -0.39 is 19.4 Å². The maximum Gasteiger partial charge on any atom is 0.332 e. The fourth-order valence-electron chi connectivity index (χ4n) is 3.83. The molecule has 0 heterocycles. The third-order valence-corrected chi connectivity index (χ3v) is 8.20. The van der Waals surface area contributed by atoms with Crippen LogP contribution in [0.5, 0.6) is 0 Å². The third kappa shape index (κ3) is 20.3. The molecule has 0 saturated heterocycles. The van der Waals surface area contributed by atoms with Gasteiger partial charge in [-0.25, -0.2) is 0 Å². The Kier molecular flexibility index (Phi) is 22.4. The van der Waals surface area contributed by atoms with Gasteiger partial charge in [-0.05, 0) is 25.7 Å². The van der Waals surface area contributed by atoms with Crippen LogP contribution < -0.4 is 5.73 Å². The molecule has 0 aliphatic heterocycles. The number of esters is 1. The quantitative estimate of drug-likeness (QED) is 0.0757. The van der Waals surface area contributed by atoms with E-state index >= 15 is 0 Å². The molecule has 35 heavy (non-hydrogen) atoms. The van der Waals surface area contributed by atoms with E-state index in [4.69, 9.17) is 19.7 Å². The Labute approximate surface area is 215 Å². The lowest BCUT2D eigenvalue weighted by atomic mass is 10.0. The fraction of sp³-hybridized carbons (Fsp3) is 0.963. The molecular formula is C27H56NO6P. The predicted octanol–water partition coefficient (Wildman–Crippen LogP) is 6.99. The highest BCUT2D eigenvalue weighted by Gasteiger charge is 2.29. The first kappa shape index (κ1) is 34.5. The van der Waals surface area contributed by atoms with Crippen molar-refractivity contribution in [2.75, 3.05) is 26.4 Å². The molecule has 0 aromatic rings. The average molecular weight is 522 g/mol. The standard InChI is InChI=1S/C27H56NO6P/c1-5-7-8-9-10-11-12-13-14-15-16-17-19-24(3)21-32-22-26(34-27(29)18-6-2)23-33-35(30,31)25(4)20-28/h24-26H,5-23,28H2,1-4H3,(H,30,31). The molecule has 0 spiro atoms. The van der Waals surface area contributed by atoms with Gasteiger partial charge in [-0.1, -0.05) is 97.8 Å². The maximum atomic E-state index is 12.2. The summed E-state index contributed by atoms with van der Waals surface area (Å²) in [5, 5.41) is 0. The molecule has 0 amide bonds. The minimum atomic E-state index is -3.86. The van der Waals surface area contributed by atoms with E-state index in [1.165, 1.54) is 77.0 Å². The summed E-state index contributed by atoms with van der Waals surface area (Å²) in [5.74, 6) is 0.0566. The smallest absolute Gasteiger partial charge is 0.332 e. The van der Waals surface area contributed by atoms with Crippen molar-refractivity contribution in [1.82, 2.24) is 0 Å². The maximum absolute atomic E-state index is 12.2. The molecular weight excluding hydrogens is 465 g/mol. The Bertz CT molecular complexity index is 548. The van der Waals surface area contributed by atoms with Gasteiger partial charge in [0, 0.05) is 19.6 Å². The minimum Gasteiger partial charge on any atom is -0.457 e. The van der Waals surface area contributed by atoms with Crippen LogP contribution in [0.25, 0.3) is 0 Å². The Morgan fingerprint density at radius 1 is 0.829 bits per heavy atom. The van der Waals surface area contributed by atoms with Gasteiger partial charge in [0.05, 0.1) is 18.9 Å². The van der Waals surface area contributed by atoms with Crippen molar-refractivity contribution in [2.45, 2.75) is 136 Å². The topological polar surface area (TPSA) is 108 Å². The van der Waals surface area contributed by atoms with Crippen LogP contribution in [0.2, 0.25) is 0 Å². The number of carbonyl (C=O) groups is 1. The molecule has 4 unspecified atom stereocenters. The first-order chi connectivity index (χ1) is 16.8. The highest BCUT2D eigenvalue weighted by Crippen LogP contribution is 2.46. The first-order valence-electron chi connectivity index (χ1n) is 14.2. The van der Waals surface area contributed by atoms with E-state index in [2.05, 4.69) is 13.8 Å². The number of nitrogens with two attached hydrogens (primary N) is 1. The van der Waals surface area contributed by atoms with Gasteiger partial charge in [0.2, 0.25) is 0 Å². The van der Waals surface area contributed by atoms with Crippen molar-refractivity contribution in [3.05, 3.63) is 0 Å². The summed E-state index contributed by atoms with van der Waals surface area (Å²) in [6.45, 7) is 8.46. The summed E-state index contributed by atoms with van der Waals surface area (Å²) in [6.07, 6.45) is 17.5. The van der Waals surface area contributed by atoms with E-state index in [1.807, 2.05) is 6.92 Å². The molecule has 0 aromatic heterocycles. The molecule has 210 valence electrons. The van der Waals surface area contributed by atoms with Gasteiger partial charge < -0.3 is 24.6 Å². The van der Waals surface area contributed by atoms with E-state index in [-0.39, 0.29) is 25.7 Å². The lowest BCUT2D eigenvalue weighted by Gasteiger charge is -2.23. The number of unbranched alkanes of at least 4 members (excludes halogenated alkanes) is 11. The number of hydrogen-bond acceptors (Lipinski definition) is 6. The van der Waals surface area contributed by atoms with E-state index in [9.17, 15) is 14.3 Å². The molecule has 0 rings (SSSR count). The molecule has 0 bridgehead atoms. The van der Waals surface area contributed by atoms with Crippen LogP contribution in [0.4, 0.5) is 0 Å². The number of rotatable bonds is 25. The van der Waals surface area contributed by atoms with Crippen LogP contribution >= 0.6 is 7.60 Å². The summed E-state index contributed by atoms with van der Waals surface area (Å²) < 4.78 is 28.6. The summed E-state index contributed by atoms with van der Waals surface area (Å²) in [5.41, 5.74) is 4.81. The Hall–Kier alpha value is -0.460. The van der Waals surface area contributed by atoms with Gasteiger partial charge in [0.1, 0.15) is 6.10 Å². The number of ether oxygens (including phenoxy) is 2. The van der Waals surface area contributed by atoms with Crippen LogP contribution in [-0.4, -0.2) is 49.0 Å². The molecule has 8 heteroatoms. The van der Waals surface area contributed by atoms with E-state index in [1.54, 1.807) is 6.92 Å². The summed E-state index contributed by atoms with van der Waals surface area (Å²) in [6, 6.07) is 0. The third-order valence-electron chi connectivity index (χ3n) is 6.35. The molecule has 0 aliphatic carbocycles. The molecule has 0 radical (unpaired) electrons. The second-order valence-corrected chi connectivity index (χ2v) is 12.4. The fourth-order valence-corrected chi connectivity index (χ4v) is 4.73. The second-order valence-electron chi connectivity index (χ2n) is 10.1. The summed E-state index contributed by atoms with van der Waals surface area (Å²) in [4.78, 5) is 21.9. The number of hydrogen-bond donors (Lipinski definition) is 2. The van der Waals surface area contributed by atoms with Crippen molar-refractivity contribution in [3.63, 3.8) is 0 Å². The molecule has 3 N–H and O–H groups in total. The lowest BCUT2D eigenvalue weighted by Crippen LogP contribution is -2.30. The zero-order chi connectivity index (χ0) is 26.4. The largest absolute Gasteiger partial charge is 0.457 e. The number of carbonyl (C=O) groups excluding carboxylic acids is 1. The summed E-state index contributed by atoms with van der Waals surface area (Å²) in [7, 11) is -3.86. The zero-order valence-electron chi connectivity index (χ0n) is 23.2. The minimum absolute atomic E-state index is 0.0429. The van der Waals surface area contributed by atoms with Gasteiger partial charge in [0.15, 0.2) is 0 Å². The Morgan fingerprint density at radius 3 is 1.89 bits per heavy atom. The van der Waals surface area contributed by atoms with Crippen molar-refractivity contribution in [1.29, 1.82) is 0 Å². The SMILES string of the molecule is CCCCCCCCCCCCCCC(C)COCC(COP(=O)(O)C(C)CN)OC(=O)CCC. The van der Waals surface area contributed by atoms with Crippen LogP contribution in [0.15, 0.2) is 0 Å². The molecule has 0 aromatic carbocycles. The highest BCUT2D eigenvalue weighted by molar-refractivity contribution is 7.53. The summed E-state index contributed by atoms with van der Waals surface area (Å²) >= 11 is 0. The van der Waals surface area contributed by atoms with Gasteiger partial charge in [-0.15, -0.1) is 0 Å². The van der Waals surface area contributed by atoms with Crippen molar-refractivity contribution in [2.24, 2.45) is 11.7 Å². The van der Waals surface area contributed by atoms with Gasteiger partial charge in [0.25, 0.3) is 0 Å². The molecule has 4 atom stereocenters. The van der Waals surface area contributed by atoms with Crippen LogP contribution in [0.1, 0.15) is 124 Å². The zero-order valence-corrected chi connectivity index (χ0v) is 24.1. The molecule has 0 aliphatic rings. The lowest BCUT2D eigenvalue weighted by molar-refractivity contribution is -0.154. The Morgan fingerprint density at radius 2 is 1.37 bits per heavy atom. The van der Waals surface area contributed by atoms with E-state index in [0.29, 0.717) is 25.4 Å². The van der Waals surface area contributed by atoms with Crippen LogP contribution in [0.3, 0.4) is 0 Å². The van der Waals surface area contributed by atoms with Gasteiger partial charge in [-0.3, -0.25) is 9.36 Å². The first-order valence-corrected chi connectivity index (χ1v) is 15.9. The van der Waals surface area contributed by atoms with Crippen LogP contribution in [0, 0.1) is 5.92 Å². The monoisotopic (exact) mass is 521 g/mol. The molecule has 0 fully saturated rings. The van der Waals surface area contributed by atoms with Crippen molar-refractivity contribution < 1.29 is 28.3 Å². The molecule has 7 nitrogen and oxygen atoms in total. The van der Waals surface area contributed by atoms with Crippen molar-refractivity contribution >= 4 is 13.6 Å². The second kappa shape index (κ2) is 22.7. The normalized spacial score (nSPS) is 15.9. The van der Waals surface area contributed by atoms with E-state index in [0.717, 1.165) is 6.42 Å². The van der Waals surface area contributed by atoms with Gasteiger partial charge in [-0.2, -0.15) is 0 Å². The highest BCUT2D eigenvalue weighted by atomic mass is 31.2. The molecule has 0 saturated carbocycles. The Balaban J connectivity index is 4.02. The average Bonchev–Trinajstić information content (AvgIpc) is 2.82. The van der Waals surface area contributed by atoms with Crippen LogP contribution in [-0.2, 0) is 23.4 Å². The predicted molar refractivity (Wildman–Crippen MR) is 145 cm³/mol. The van der Waals surface area contributed by atoms with Gasteiger partial charge >= 0.3 is 13.6 Å². The van der Waals surface area contributed by atoms with Crippen molar-refractivity contribution in [3.8, 4) is 0 Å².